The van der Waals surface area contributed by atoms with Crippen LogP contribution < -0.4 is 16.4 Å². The molecule has 1 aromatic carbocycles. The molecule has 2 saturated heterocycles. The summed E-state index contributed by atoms with van der Waals surface area (Å²) in [5, 5.41) is 6.07. The maximum atomic E-state index is 16.6. The Morgan fingerprint density at radius 3 is 2.75 bits per heavy atom. The van der Waals surface area contributed by atoms with Crippen molar-refractivity contribution in [3.05, 3.63) is 70.7 Å². The number of hydrogen-bond donors (Lipinski definition) is 3. The SMILES string of the molecule is Nc1ncc(C2(F)C=CC(N3CCOCC3)=C(CN3CCC3)N2)cc1-c1ccc2c(c1)CCNC2=O. The molecule has 9 heteroatoms. The predicted molar refractivity (Wildman–Crippen MR) is 136 cm³/mol. The zero-order chi connectivity index (χ0) is 24.7. The van der Waals surface area contributed by atoms with Crippen molar-refractivity contribution < 1.29 is 13.9 Å². The second-order valence-corrected chi connectivity index (χ2v) is 9.80. The van der Waals surface area contributed by atoms with Gasteiger partial charge in [0.05, 0.1) is 24.6 Å². The average molecular weight is 491 g/mol. The topological polar surface area (TPSA) is 95.8 Å². The van der Waals surface area contributed by atoms with E-state index < -0.39 is 5.79 Å². The number of nitrogens with one attached hydrogen (secondary N) is 2. The summed E-state index contributed by atoms with van der Waals surface area (Å²) >= 11 is 0. The predicted octanol–water partition coefficient (Wildman–Crippen LogP) is 2.15. The number of likely N-dealkylation sites (tertiary alicyclic amines) is 1. The van der Waals surface area contributed by atoms with Crippen molar-refractivity contribution >= 4 is 11.7 Å². The van der Waals surface area contributed by atoms with Crippen LogP contribution in [0, 0.1) is 0 Å². The average Bonchev–Trinajstić information content (AvgIpc) is 2.87. The van der Waals surface area contributed by atoms with Gasteiger partial charge in [0.1, 0.15) is 5.82 Å². The molecule has 0 spiro atoms. The van der Waals surface area contributed by atoms with Gasteiger partial charge in [-0.15, -0.1) is 0 Å². The molecule has 0 bridgehead atoms. The summed E-state index contributed by atoms with van der Waals surface area (Å²) in [4.78, 5) is 21.1. The van der Waals surface area contributed by atoms with E-state index >= 15 is 4.39 Å². The summed E-state index contributed by atoms with van der Waals surface area (Å²) in [5.41, 5.74) is 11.6. The third-order valence-corrected chi connectivity index (χ3v) is 7.47. The van der Waals surface area contributed by atoms with E-state index in [1.165, 1.54) is 12.6 Å². The summed E-state index contributed by atoms with van der Waals surface area (Å²) < 4.78 is 22.1. The van der Waals surface area contributed by atoms with Crippen molar-refractivity contribution in [2.75, 3.05) is 58.2 Å². The fraction of sp³-hybridized carbons (Fsp3) is 0.407. The van der Waals surface area contributed by atoms with Crippen molar-refractivity contribution in [3.63, 3.8) is 0 Å². The van der Waals surface area contributed by atoms with Crippen molar-refractivity contribution in [1.29, 1.82) is 0 Å². The fourth-order valence-corrected chi connectivity index (χ4v) is 5.27. The lowest BCUT2D eigenvalue weighted by Gasteiger charge is -2.40. The van der Waals surface area contributed by atoms with Crippen LogP contribution in [0.5, 0.6) is 0 Å². The van der Waals surface area contributed by atoms with Gasteiger partial charge in [-0.1, -0.05) is 12.1 Å². The summed E-state index contributed by atoms with van der Waals surface area (Å²) in [6.45, 7) is 6.23. The second-order valence-electron chi connectivity index (χ2n) is 9.80. The van der Waals surface area contributed by atoms with Crippen LogP contribution in [0.4, 0.5) is 10.2 Å². The Balaban J connectivity index is 1.33. The number of alkyl halides is 1. The first-order valence-corrected chi connectivity index (χ1v) is 12.6. The molecule has 1 unspecified atom stereocenters. The lowest BCUT2D eigenvalue weighted by molar-refractivity contribution is 0.0525. The first kappa shape index (κ1) is 23.0. The monoisotopic (exact) mass is 490 g/mol. The summed E-state index contributed by atoms with van der Waals surface area (Å²) in [7, 11) is 0. The highest BCUT2D eigenvalue weighted by Gasteiger charge is 2.36. The summed E-state index contributed by atoms with van der Waals surface area (Å²) in [6.07, 6.45) is 6.89. The first-order chi connectivity index (χ1) is 17.5. The van der Waals surface area contributed by atoms with Gasteiger partial charge in [-0.3, -0.25) is 9.69 Å². The van der Waals surface area contributed by atoms with Gasteiger partial charge in [-0.2, -0.15) is 0 Å². The molecule has 5 heterocycles. The van der Waals surface area contributed by atoms with E-state index in [4.69, 9.17) is 10.5 Å². The molecule has 0 saturated carbocycles. The Bertz CT molecular complexity index is 1250. The van der Waals surface area contributed by atoms with Gasteiger partial charge in [-0.05, 0) is 61.3 Å². The Morgan fingerprint density at radius 1 is 1.14 bits per heavy atom. The maximum absolute atomic E-state index is 16.6. The number of amides is 1. The number of carbonyl (C=O) groups excluding carboxylic acids is 1. The molecule has 188 valence electrons. The largest absolute Gasteiger partial charge is 0.383 e. The van der Waals surface area contributed by atoms with E-state index in [0.29, 0.717) is 48.8 Å². The minimum atomic E-state index is -1.92. The Labute approximate surface area is 210 Å². The molecule has 0 radical (unpaired) electrons. The zero-order valence-corrected chi connectivity index (χ0v) is 20.2. The van der Waals surface area contributed by atoms with Crippen LogP contribution in [0.25, 0.3) is 11.1 Å². The number of aromatic nitrogens is 1. The summed E-state index contributed by atoms with van der Waals surface area (Å²) in [6, 6.07) is 7.39. The number of fused-ring (bicyclic) bond motifs is 1. The number of allylic oxidation sites excluding steroid dienone is 1. The first-order valence-electron chi connectivity index (χ1n) is 12.6. The number of nitrogens with zero attached hydrogens (tertiary/aromatic N) is 3. The number of ether oxygens (including phenoxy) is 1. The summed E-state index contributed by atoms with van der Waals surface area (Å²) in [5.74, 6) is -1.66. The Hall–Kier alpha value is -3.43. The van der Waals surface area contributed by atoms with E-state index in [1.54, 1.807) is 18.2 Å². The number of carbonyl (C=O) groups is 1. The van der Waals surface area contributed by atoms with Gasteiger partial charge >= 0.3 is 0 Å². The van der Waals surface area contributed by atoms with E-state index in [-0.39, 0.29) is 5.91 Å². The molecular weight excluding hydrogens is 459 g/mol. The highest BCUT2D eigenvalue weighted by molar-refractivity contribution is 5.97. The van der Waals surface area contributed by atoms with Crippen LogP contribution in [-0.4, -0.2) is 73.2 Å². The molecule has 4 N–H and O–H groups in total. The van der Waals surface area contributed by atoms with Crippen molar-refractivity contribution in [3.8, 4) is 11.1 Å². The van der Waals surface area contributed by atoms with Crippen LogP contribution in [0.2, 0.25) is 0 Å². The molecule has 36 heavy (non-hydrogen) atoms. The standard InChI is InChI=1S/C27H31FN6O2/c28-27(6-4-24(34-10-12-36-13-11-34)23(32-27)17-33-8-1-9-33)20-15-22(25(29)31-16-20)18-2-3-21-19(14-18)5-7-30-26(21)35/h2-4,6,14-16,32H,1,5,7-13,17H2,(H2,29,31)(H,30,35). The number of benzene rings is 1. The molecule has 1 aromatic heterocycles. The van der Waals surface area contributed by atoms with Crippen LogP contribution in [0.3, 0.4) is 0 Å². The molecule has 2 aromatic rings. The molecule has 4 aliphatic heterocycles. The minimum Gasteiger partial charge on any atom is -0.383 e. The van der Waals surface area contributed by atoms with Crippen LogP contribution in [0.1, 0.15) is 27.9 Å². The molecule has 8 nitrogen and oxygen atoms in total. The fourth-order valence-electron chi connectivity index (χ4n) is 5.27. The Morgan fingerprint density at radius 2 is 1.97 bits per heavy atom. The van der Waals surface area contributed by atoms with Gasteiger partial charge in [0.15, 0.2) is 0 Å². The number of anilines is 1. The number of morpholine rings is 1. The number of nitrogens with two attached hydrogens (primary N) is 1. The van der Waals surface area contributed by atoms with Crippen LogP contribution in [-0.2, 0) is 17.0 Å². The van der Waals surface area contributed by atoms with E-state index in [1.807, 2.05) is 18.2 Å². The Kier molecular flexibility index (Phi) is 5.89. The maximum Gasteiger partial charge on any atom is 0.251 e. The van der Waals surface area contributed by atoms with Gasteiger partial charge in [0.25, 0.3) is 5.91 Å². The number of pyridine rings is 1. The second kappa shape index (κ2) is 9.22. The molecule has 6 rings (SSSR count). The van der Waals surface area contributed by atoms with Gasteiger partial charge in [-0.25, -0.2) is 9.37 Å². The molecule has 1 amide bonds. The van der Waals surface area contributed by atoms with Crippen LogP contribution >= 0.6 is 0 Å². The zero-order valence-electron chi connectivity index (χ0n) is 20.2. The minimum absolute atomic E-state index is 0.0699. The van der Waals surface area contributed by atoms with Crippen molar-refractivity contribution in [2.45, 2.75) is 18.6 Å². The van der Waals surface area contributed by atoms with Crippen molar-refractivity contribution in [2.24, 2.45) is 0 Å². The number of halogens is 1. The third kappa shape index (κ3) is 4.22. The van der Waals surface area contributed by atoms with Gasteiger partial charge < -0.3 is 26.0 Å². The number of hydrogen-bond acceptors (Lipinski definition) is 7. The van der Waals surface area contributed by atoms with Crippen molar-refractivity contribution in [1.82, 2.24) is 25.4 Å². The molecule has 1 atom stereocenters. The quantitative estimate of drug-likeness (QED) is 0.553. The number of rotatable bonds is 5. The third-order valence-electron chi connectivity index (χ3n) is 7.47. The highest BCUT2D eigenvalue weighted by atomic mass is 19.1. The number of dihydropyridines is 1. The van der Waals surface area contributed by atoms with Gasteiger partial charge in [0, 0.05) is 49.1 Å². The molecular formula is C27H31FN6O2. The van der Waals surface area contributed by atoms with E-state index in [0.717, 1.165) is 55.1 Å². The lowest BCUT2D eigenvalue weighted by Crippen LogP contribution is -2.48. The highest BCUT2D eigenvalue weighted by Crippen LogP contribution is 2.36. The normalized spacial score (nSPS) is 24.1. The lowest BCUT2D eigenvalue weighted by atomic mass is 9.93. The van der Waals surface area contributed by atoms with Crippen LogP contribution in [0.15, 0.2) is 54.0 Å². The molecule has 2 fully saturated rings. The van der Waals surface area contributed by atoms with Gasteiger partial charge in [0.2, 0.25) is 5.79 Å². The number of nitrogen functional groups attached to an aromatic ring is 1. The van der Waals surface area contributed by atoms with E-state index in [2.05, 4.69) is 25.4 Å². The van der Waals surface area contributed by atoms with E-state index in [9.17, 15) is 4.79 Å². The molecule has 4 aliphatic rings. The smallest absolute Gasteiger partial charge is 0.251 e. The molecule has 0 aliphatic carbocycles.